The molecule has 1 aliphatic carbocycles. The van der Waals surface area contributed by atoms with Crippen LogP contribution in [0, 0.1) is 6.92 Å². The maximum atomic E-state index is 13.3. The van der Waals surface area contributed by atoms with E-state index in [9.17, 15) is 9.59 Å². The summed E-state index contributed by atoms with van der Waals surface area (Å²) in [5, 5.41) is 3.90. The maximum Gasteiger partial charge on any atom is 0.243 e. The van der Waals surface area contributed by atoms with Crippen molar-refractivity contribution in [2.24, 2.45) is 0 Å². The fourth-order valence-electron chi connectivity index (χ4n) is 4.11. The first-order chi connectivity index (χ1) is 15.5. The van der Waals surface area contributed by atoms with Crippen LogP contribution in [0.5, 0.6) is 0 Å². The van der Waals surface area contributed by atoms with Crippen molar-refractivity contribution in [3.8, 4) is 0 Å². The molecule has 2 aromatic rings. The molecule has 1 atom stereocenters. The molecule has 1 fully saturated rings. The van der Waals surface area contributed by atoms with Gasteiger partial charge < -0.3 is 10.2 Å². The monoisotopic (exact) mass is 472 g/mol. The van der Waals surface area contributed by atoms with Crippen LogP contribution in [0.2, 0.25) is 5.02 Å². The summed E-state index contributed by atoms with van der Waals surface area (Å²) in [6.45, 7) is 4.47. The van der Waals surface area contributed by atoms with Gasteiger partial charge in [-0.3, -0.25) is 9.59 Å². The van der Waals surface area contributed by atoms with Crippen molar-refractivity contribution in [3.05, 3.63) is 64.7 Å². The fourth-order valence-corrected chi connectivity index (χ4v) is 5.07. The van der Waals surface area contributed by atoms with Gasteiger partial charge in [-0.2, -0.15) is 0 Å². The van der Waals surface area contributed by atoms with Gasteiger partial charge in [-0.1, -0.05) is 61.2 Å². The summed E-state index contributed by atoms with van der Waals surface area (Å²) in [4.78, 5) is 29.3. The Balaban J connectivity index is 1.68. The van der Waals surface area contributed by atoms with Gasteiger partial charge in [0.2, 0.25) is 11.8 Å². The van der Waals surface area contributed by atoms with Crippen molar-refractivity contribution in [2.75, 3.05) is 5.75 Å². The van der Waals surface area contributed by atoms with Crippen LogP contribution in [-0.4, -0.2) is 34.6 Å². The Labute approximate surface area is 201 Å². The lowest BCUT2D eigenvalue weighted by atomic mass is 10.1. The average molecular weight is 473 g/mol. The van der Waals surface area contributed by atoms with Crippen LogP contribution in [0.1, 0.15) is 56.6 Å². The summed E-state index contributed by atoms with van der Waals surface area (Å²) in [7, 11) is 0. The van der Waals surface area contributed by atoms with E-state index in [2.05, 4.69) is 5.32 Å². The summed E-state index contributed by atoms with van der Waals surface area (Å²) < 4.78 is 0. The van der Waals surface area contributed by atoms with Crippen molar-refractivity contribution in [1.29, 1.82) is 0 Å². The molecule has 6 heteroatoms. The van der Waals surface area contributed by atoms with E-state index in [1.807, 2.05) is 62.4 Å². The summed E-state index contributed by atoms with van der Waals surface area (Å²) in [5.41, 5.74) is 2.22. The highest BCUT2D eigenvalue weighted by molar-refractivity contribution is 7.99. The molecule has 1 saturated carbocycles. The van der Waals surface area contributed by atoms with Gasteiger partial charge in [-0.15, -0.1) is 11.8 Å². The number of amides is 2. The Hall–Kier alpha value is -1.98. The summed E-state index contributed by atoms with van der Waals surface area (Å²) in [6, 6.07) is 15.6. The zero-order valence-corrected chi connectivity index (χ0v) is 20.6. The normalized spacial score (nSPS) is 14.8. The zero-order valence-electron chi connectivity index (χ0n) is 19.0. The predicted molar refractivity (Wildman–Crippen MR) is 133 cm³/mol. The molecular formula is C26H33ClN2O2S. The third-order valence-electron chi connectivity index (χ3n) is 5.96. The maximum absolute atomic E-state index is 13.3. The summed E-state index contributed by atoms with van der Waals surface area (Å²) in [5.74, 6) is 0.650. The molecule has 4 nitrogen and oxygen atoms in total. The topological polar surface area (TPSA) is 49.4 Å². The molecule has 1 N–H and O–H groups in total. The van der Waals surface area contributed by atoms with Gasteiger partial charge in [0.1, 0.15) is 6.04 Å². The first kappa shape index (κ1) is 24.7. The lowest BCUT2D eigenvalue weighted by molar-refractivity contribution is -0.141. The number of hydrogen-bond donors (Lipinski definition) is 1. The Bertz CT molecular complexity index is 880. The van der Waals surface area contributed by atoms with Crippen LogP contribution in [0.15, 0.2) is 53.4 Å². The Morgan fingerprint density at radius 3 is 2.38 bits per heavy atom. The highest BCUT2D eigenvalue weighted by atomic mass is 35.5. The molecule has 172 valence electrons. The largest absolute Gasteiger partial charge is 0.352 e. The van der Waals surface area contributed by atoms with Gasteiger partial charge in [-0.05, 0) is 56.0 Å². The van der Waals surface area contributed by atoms with Crippen LogP contribution in [-0.2, 0) is 16.1 Å². The number of nitrogens with one attached hydrogen (secondary N) is 1. The molecule has 0 aliphatic heterocycles. The predicted octanol–water partition coefficient (Wildman–Crippen LogP) is 6.00. The minimum Gasteiger partial charge on any atom is -0.352 e. The van der Waals surface area contributed by atoms with Crippen LogP contribution < -0.4 is 5.32 Å². The van der Waals surface area contributed by atoms with Crippen LogP contribution >= 0.6 is 23.4 Å². The molecule has 0 unspecified atom stereocenters. The summed E-state index contributed by atoms with van der Waals surface area (Å²) in [6.07, 6.45) is 5.37. The quantitative estimate of drug-likeness (QED) is 0.431. The van der Waals surface area contributed by atoms with Crippen molar-refractivity contribution in [1.82, 2.24) is 10.2 Å². The molecule has 0 radical (unpaired) electrons. The second-order valence-electron chi connectivity index (χ2n) is 8.47. The van der Waals surface area contributed by atoms with Crippen molar-refractivity contribution < 1.29 is 9.59 Å². The van der Waals surface area contributed by atoms with E-state index in [0.717, 1.165) is 36.1 Å². The number of nitrogens with zero attached hydrogens (tertiary/aromatic N) is 1. The minimum absolute atomic E-state index is 0.0143. The van der Waals surface area contributed by atoms with E-state index < -0.39 is 6.04 Å². The van der Waals surface area contributed by atoms with E-state index in [1.54, 1.807) is 16.7 Å². The number of rotatable bonds is 10. The highest BCUT2D eigenvalue weighted by Crippen LogP contribution is 2.23. The van der Waals surface area contributed by atoms with Gasteiger partial charge in [0.25, 0.3) is 0 Å². The molecule has 0 spiro atoms. The number of carbonyl (C=O) groups excluding carboxylic acids is 2. The number of hydrogen-bond acceptors (Lipinski definition) is 3. The fraction of sp³-hybridized carbons (Fsp3) is 0.462. The van der Waals surface area contributed by atoms with E-state index in [1.165, 1.54) is 5.56 Å². The van der Waals surface area contributed by atoms with E-state index in [-0.39, 0.29) is 17.9 Å². The molecule has 32 heavy (non-hydrogen) atoms. The van der Waals surface area contributed by atoms with Crippen LogP contribution in [0.4, 0.5) is 0 Å². The lowest BCUT2D eigenvalue weighted by Gasteiger charge is -2.31. The highest BCUT2D eigenvalue weighted by Gasteiger charge is 2.30. The molecule has 0 aromatic heterocycles. The lowest BCUT2D eigenvalue weighted by Crippen LogP contribution is -2.51. The Morgan fingerprint density at radius 2 is 1.75 bits per heavy atom. The Kier molecular flexibility index (Phi) is 9.49. The third kappa shape index (κ3) is 7.28. The minimum atomic E-state index is -0.454. The molecule has 1 aliphatic rings. The molecule has 2 amide bonds. The molecule has 3 rings (SSSR count). The number of benzene rings is 2. The number of carbonyl (C=O) groups is 2. The van der Waals surface area contributed by atoms with Gasteiger partial charge >= 0.3 is 0 Å². The third-order valence-corrected chi connectivity index (χ3v) is 7.23. The Morgan fingerprint density at radius 1 is 1.09 bits per heavy atom. The SMILES string of the molecule is CC[C@H](C(=O)NC1CCCC1)N(Cc1ccc(C)cc1)C(=O)CCSc1ccc(Cl)cc1. The molecule has 2 aromatic carbocycles. The molecular weight excluding hydrogens is 440 g/mol. The van der Waals surface area contributed by atoms with Gasteiger partial charge in [-0.25, -0.2) is 0 Å². The van der Waals surface area contributed by atoms with Crippen molar-refractivity contribution >= 4 is 35.2 Å². The zero-order chi connectivity index (χ0) is 22.9. The van der Waals surface area contributed by atoms with Crippen LogP contribution in [0.3, 0.4) is 0 Å². The number of halogens is 1. The van der Waals surface area contributed by atoms with Crippen LogP contribution in [0.25, 0.3) is 0 Å². The average Bonchev–Trinajstić information content (AvgIpc) is 3.29. The number of thioether (sulfide) groups is 1. The van der Waals surface area contributed by atoms with Gasteiger partial charge in [0, 0.05) is 34.7 Å². The standard InChI is InChI=1S/C26H33ClN2O2S/c1-3-24(26(31)28-22-6-4-5-7-22)29(18-20-10-8-19(2)9-11-20)25(30)16-17-32-23-14-12-21(27)13-15-23/h8-15,22,24H,3-7,16-18H2,1-2H3,(H,28,31)/t24-/m1/s1. The molecule has 0 saturated heterocycles. The van der Waals surface area contributed by atoms with E-state index >= 15 is 0 Å². The summed E-state index contributed by atoms with van der Waals surface area (Å²) >= 11 is 7.59. The molecule has 0 heterocycles. The van der Waals surface area contributed by atoms with Crippen molar-refractivity contribution in [3.63, 3.8) is 0 Å². The molecule has 0 bridgehead atoms. The van der Waals surface area contributed by atoms with Crippen molar-refractivity contribution in [2.45, 2.75) is 75.9 Å². The number of aryl methyl sites for hydroxylation is 1. The second kappa shape index (κ2) is 12.3. The van der Waals surface area contributed by atoms with Gasteiger partial charge in [0.05, 0.1) is 0 Å². The smallest absolute Gasteiger partial charge is 0.243 e. The first-order valence-corrected chi connectivity index (χ1v) is 12.9. The van der Waals surface area contributed by atoms with E-state index in [0.29, 0.717) is 30.2 Å². The second-order valence-corrected chi connectivity index (χ2v) is 10.1. The van der Waals surface area contributed by atoms with E-state index in [4.69, 9.17) is 11.6 Å². The first-order valence-electron chi connectivity index (χ1n) is 11.5. The van der Waals surface area contributed by atoms with Gasteiger partial charge in [0.15, 0.2) is 0 Å².